The van der Waals surface area contributed by atoms with Gasteiger partial charge >= 0.3 is 0 Å². The number of rotatable bonds is 5. The molecule has 0 radical (unpaired) electrons. The van der Waals surface area contributed by atoms with E-state index in [1.165, 1.54) is 6.33 Å². The first-order chi connectivity index (χ1) is 9.19. The van der Waals surface area contributed by atoms with Crippen LogP contribution in [0.1, 0.15) is 18.9 Å². The maximum Gasteiger partial charge on any atom is 0.224 e. The number of aromatic nitrogens is 2. The van der Waals surface area contributed by atoms with Crippen LogP contribution < -0.4 is 10.1 Å². The van der Waals surface area contributed by atoms with Crippen molar-refractivity contribution in [3.05, 3.63) is 41.2 Å². The van der Waals surface area contributed by atoms with Crippen LogP contribution in [0.15, 0.2) is 30.6 Å². The maximum atomic E-state index is 5.91. The highest BCUT2D eigenvalue weighted by Gasteiger charge is 2.04. The third-order valence-electron chi connectivity index (χ3n) is 2.55. The molecule has 0 saturated carbocycles. The van der Waals surface area contributed by atoms with Gasteiger partial charge in [0, 0.05) is 17.6 Å². The summed E-state index contributed by atoms with van der Waals surface area (Å²) < 4.78 is 5.74. The number of nitrogens with one attached hydrogen (secondary N) is 1. The summed E-state index contributed by atoms with van der Waals surface area (Å²) in [6, 6.07) is 7.26. The van der Waals surface area contributed by atoms with Crippen LogP contribution in [0, 0.1) is 6.92 Å². The Bertz CT molecular complexity index is 560. The Balaban J connectivity index is 2.14. The van der Waals surface area contributed by atoms with E-state index in [2.05, 4.69) is 22.2 Å². The summed E-state index contributed by atoms with van der Waals surface area (Å²) in [4.78, 5) is 8.23. The minimum absolute atomic E-state index is 0.513. The van der Waals surface area contributed by atoms with Crippen molar-refractivity contribution in [2.24, 2.45) is 0 Å². The zero-order valence-electron chi connectivity index (χ0n) is 11.0. The normalized spacial score (nSPS) is 10.3. The highest BCUT2D eigenvalue weighted by molar-refractivity contribution is 6.30. The van der Waals surface area contributed by atoms with Gasteiger partial charge in [-0.25, -0.2) is 9.97 Å². The van der Waals surface area contributed by atoms with E-state index in [-0.39, 0.29) is 0 Å². The fourth-order valence-electron chi connectivity index (χ4n) is 1.59. The quantitative estimate of drug-likeness (QED) is 0.895. The molecule has 2 rings (SSSR count). The van der Waals surface area contributed by atoms with Crippen LogP contribution >= 0.6 is 11.6 Å². The van der Waals surface area contributed by atoms with Gasteiger partial charge in [0.05, 0.1) is 0 Å². The number of hydrogen-bond acceptors (Lipinski definition) is 4. The largest absolute Gasteiger partial charge is 0.439 e. The average Bonchev–Trinajstić information content (AvgIpc) is 2.40. The number of benzene rings is 1. The molecule has 1 N–H and O–H groups in total. The third-order valence-corrected chi connectivity index (χ3v) is 2.78. The fourth-order valence-corrected chi connectivity index (χ4v) is 1.81. The number of aryl methyl sites for hydroxylation is 1. The number of halogens is 1. The van der Waals surface area contributed by atoms with Crippen molar-refractivity contribution >= 4 is 17.4 Å². The van der Waals surface area contributed by atoms with Crippen molar-refractivity contribution < 1.29 is 4.74 Å². The third kappa shape index (κ3) is 3.83. The number of hydrogen-bond donors (Lipinski definition) is 1. The molecule has 0 aliphatic rings. The average molecular weight is 278 g/mol. The molecule has 0 atom stereocenters. The van der Waals surface area contributed by atoms with Gasteiger partial charge in [-0.05, 0) is 37.1 Å². The highest BCUT2D eigenvalue weighted by Crippen LogP contribution is 2.26. The Kier molecular flexibility index (Phi) is 4.58. The van der Waals surface area contributed by atoms with Gasteiger partial charge in [-0.15, -0.1) is 0 Å². The standard InChI is InChI=1S/C14H16ClN3O/c1-3-6-16-13-8-14(18-9-17-13)19-12-5-4-11(15)7-10(12)2/h4-5,7-9H,3,6H2,1-2H3,(H,16,17,18). The lowest BCUT2D eigenvalue weighted by Crippen LogP contribution is -2.02. The lowest BCUT2D eigenvalue weighted by Gasteiger charge is -2.09. The molecule has 19 heavy (non-hydrogen) atoms. The number of nitrogens with zero attached hydrogens (tertiary/aromatic N) is 2. The van der Waals surface area contributed by atoms with Gasteiger partial charge in [0.1, 0.15) is 17.9 Å². The van der Waals surface area contributed by atoms with Gasteiger partial charge in [-0.2, -0.15) is 0 Å². The lowest BCUT2D eigenvalue weighted by molar-refractivity contribution is 0.458. The monoisotopic (exact) mass is 277 g/mol. The van der Waals surface area contributed by atoms with Crippen LogP contribution in [0.5, 0.6) is 11.6 Å². The van der Waals surface area contributed by atoms with Gasteiger partial charge in [-0.1, -0.05) is 18.5 Å². The van der Waals surface area contributed by atoms with E-state index in [9.17, 15) is 0 Å². The van der Waals surface area contributed by atoms with Crippen molar-refractivity contribution in [2.75, 3.05) is 11.9 Å². The van der Waals surface area contributed by atoms with E-state index in [1.54, 1.807) is 12.1 Å². The molecule has 100 valence electrons. The summed E-state index contributed by atoms with van der Waals surface area (Å²) in [6.45, 7) is 4.91. The van der Waals surface area contributed by atoms with Crippen LogP contribution in [0.3, 0.4) is 0 Å². The van der Waals surface area contributed by atoms with E-state index < -0.39 is 0 Å². The van der Waals surface area contributed by atoms with E-state index in [0.29, 0.717) is 10.9 Å². The molecular formula is C14H16ClN3O. The molecule has 4 nitrogen and oxygen atoms in total. The van der Waals surface area contributed by atoms with E-state index in [4.69, 9.17) is 16.3 Å². The van der Waals surface area contributed by atoms with E-state index in [0.717, 1.165) is 30.1 Å². The molecule has 2 aromatic rings. The first kappa shape index (κ1) is 13.6. The molecule has 0 aliphatic carbocycles. The molecule has 5 heteroatoms. The second-order valence-electron chi connectivity index (χ2n) is 4.18. The minimum atomic E-state index is 0.513. The molecule has 1 aromatic carbocycles. The van der Waals surface area contributed by atoms with Crippen LogP contribution in [0.2, 0.25) is 5.02 Å². The second-order valence-corrected chi connectivity index (χ2v) is 4.62. The first-order valence-corrected chi connectivity index (χ1v) is 6.56. The predicted molar refractivity (Wildman–Crippen MR) is 77.1 cm³/mol. The molecule has 0 aliphatic heterocycles. The predicted octanol–water partition coefficient (Wildman–Crippen LogP) is 4.05. The lowest BCUT2D eigenvalue weighted by atomic mass is 10.2. The van der Waals surface area contributed by atoms with Crippen molar-refractivity contribution in [1.29, 1.82) is 0 Å². The molecule has 1 heterocycles. The molecule has 0 unspecified atom stereocenters. The zero-order valence-corrected chi connectivity index (χ0v) is 11.7. The maximum absolute atomic E-state index is 5.91. The molecule has 0 saturated heterocycles. The van der Waals surface area contributed by atoms with Crippen molar-refractivity contribution in [1.82, 2.24) is 9.97 Å². The Morgan fingerprint density at radius 3 is 2.84 bits per heavy atom. The molecule has 0 bridgehead atoms. The zero-order chi connectivity index (χ0) is 13.7. The van der Waals surface area contributed by atoms with Gasteiger partial charge in [0.2, 0.25) is 5.88 Å². The van der Waals surface area contributed by atoms with E-state index >= 15 is 0 Å². The second kappa shape index (κ2) is 6.38. The molecule has 0 amide bonds. The van der Waals surface area contributed by atoms with Gasteiger partial charge < -0.3 is 10.1 Å². The fraction of sp³-hybridized carbons (Fsp3) is 0.286. The van der Waals surface area contributed by atoms with Gasteiger partial charge in [-0.3, -0.25) is 0 Å². The Labute approximate surface area is 117 Å². The van der Waals surface area contributed by atoms with Crippen molar-refractivity contribution in [2.45, 2.75) is 20.3 Å². The molecule has 0 fully saturated rings. The Morgan fingerprint density at radius 2 is 2.11 bits per heavy atom. The minimum Gasteiger partial charge on any atom is -0.439 e. The van der Waals surface area contributed by atoms with Crippen LogP contribution in [-0.4, -0.2) is 16.5 Å². The van der Waals surface area contributed by atoms with Crippen molar-refractivity contribution in [3.63, 3.8) is 0 Å². The van der Waals surface area contributed by atoms with Crippen LogP contribution in [0.25, 0.3) is 0 Å². The summed E-state index contributed by atoms with van der Waals surface area (Å²) in [5.74, 6) is 2.02. The number of anilines is 1. The summed E-state index contributed by atoms with van der Waals surface area (Å²) in [7, 11) is 0. The van der Waals surface area contributed by atoms with E-state index in [1.807, 2.05) is 19.1 Å². The molecule has 1 aromatic heterocycles. The SMILES string of the molecule is CCCNc1cc(Oc2ccc(Cl)cc2C)ncn1. The Morgan fingerprint density at radius 1 is 1.26 bits per heavy atom. The van der Waals surface area contributed by atoms with Gasteiger partial charge in [0.25, 0.3) is 0 Å². The van der Waals surface area contributed by atoms with Crippen LogP contribution in [-0.2, 0) is 0 Å². The summed E-state index contributed by atoms with van der Waals surface area (Å²) in [5.41, 5.74) is 0.967. The molecule has 0 spiro atoms. The first-order valence-electron chi connectivity index (χ1n) is 6.19. The summed E-state index contributed by atoms with van der Waals surface area (Å²) in [5, 5.41) is 3.88. The molecular weight excluding hydrogens is 262 g/mol. The Hall–Kier alpha value is -1.81. The summed E-state index contributed by atoms with van der Waals surface area (Å²) >= 11 is 5.91. The van der Waals surface area contributed by atoms with Crippen LogP contribution in [0.4, 0.5) is 5.82 Å². The van der Waals surface area contributed by atoms with Gasteiger partial charge in [0.15, 0.2) is 0 Å². The smallest absolute Gasteiger partial charge is 0.224 e. The summed E-state index contributed by atoms with van der Waals surface area (Å²) in [6.07, 6.45) is 2.52. The highest BCUT2D eigenvalue weighted by atomic mass is 35.5. The van der Waals surface area contributed by atoms with Crippen molar-refractivity contribution in [3.8, 4) is 11.6 Å². The topological polar surface area (TPSA) is 47.0 Å². The number of ether oxygens (including phenoxy) is 1.